The highest BCUT2D eigenvalue weighted by atomic mass is 32.2. The summed E-state index contributed by atoms with van der Waals surface area (Å²) >= 11 is 1.50. The molecule has 0 bridgehead atoms. The van der Waals surface area contributed by atoms with Crippen molar-refractivity contribution >= 4 is 29.6 Å². The van der Waals surface area contributed by atoms with Gasteiger partial charge in [0, 0.05) is 16.7 Å². The lowest BCUT2D eigenvalue weighted by atomic mass is 10.2. The first-order chi connectivity index (χ1) is 10.7. The molecule has 0 atom stereocenters. The minimum Gasteiger partial charge on any atom is -0.497 e. The van der Waals surface area contributed by atoms with Gasteiger partial charge in [-0.05, 0) is 60.0 Å². The van der Waals surface area contributed by atoms with Gasteiger partial charge in [0.05, 0.1) is 7.11 Å². The zero-order chi connectivity index (χ0) is 15.8. The third kappa shape index (κ3) is 4.83. The maximum Gasteiger partial charge on any atom is 0.267 e. The fraction of sp³-hybridized carbons (Fsp3) is 0.0625. The van der Waals surface area contributed by atoms with E-state index in [0.717, 1.165) is 21.9 Å². The Morgan fingerprint density at radius 3 is 2.41 bits per heavy atom. The summed E-state index contributed by atoms with van der Waals surface area (Å²) in [4.78, 5) is 12.0. The van der Waals surface area contributed by atoms with Gasteiger partial charge in [-0.2, -0.15) is 0 Å². The molecule has 0 saturated carbocycles. The van der Waals surface area contributed by atoms with Gasteiger partial charge in [0.25, 0.3) is 5.91 Å². The van der Waals surface area contributed by atoms with Gasteiger partial charge < -0.3 is 9.46 Å². The summed E-state index contributed by atoms with van der Waals surface area (Å²) in [6.45, 7) is 0. The second-order valence-electron chi connectivity index (χ2n) is 4.31. The van der Waals surface area contributed by atoms with Crippen molar-refractivity contribution in [3.05, 3.63) is 60.2 Å². The minimum absolute atomic E-state index is 0.558. The molecule has 1 amide bonds. The number of anilines is 1. The van der Waals surface area contributed by atoms with E-state index in [1.807, 2.05) is 48.5 Å². The van der Waals surface area contributed by atoms with Crippen molar-refractivity contribution in [3.8, 4) is 5.75 Å². The molecule has 0 heterocycles. The van der Waals surface area contributed by atoms with Gasteiger partial charge in [-0.15, -0.1) is 0 Å². The van der Waals surface area contributed by atoms with Crippen LogP contribution in [0.4, 0.5) is 5.69 Å². The second kappa shape index (κ2) is 8.11. The molecule has 2 rings (SSSR count). The van der Waals surface area contributed by atoms with Crippen molar-refractivity contribution in [3.63, 3.8) is 0 Å². The largest absolute Gasteiger partial charge is 0.497 e. The van der Waals surface area contributed by atoms with Gasteiger partial charge in [0.15, 0.2) is 0 Å². The number of nitrogens with one attached hydrogen (secondary N) is 2. The minimum atomic E-state index is -0.558. The molecule has 0 fully saturated rings. The Morgan fingerprint density at radius 1 is 1.14 bits per heavy atom. The van der Waals surface area contributed by atoms with Gasteiger partial charge in [-0.3, -0.25) is 10.0 Å². The molecule has 0 aromatic heterocycles. The summed E-state index contributed by atoms with van der Waals surface area (Å²) in [7, 11) is 1.64. The highest BCUT2D eigenvalue weighted by Crippen LogP contribution is 2.23. The normalized spacial score (nSPS) is 10.5. The van der Waals surface area contributed by atoms with Gasteiger partial charge >= 0.3 is 0 Å². The number of carbonyl (C=O) groups is 1. The zero-order valence-electron chi connectivity index (χ0n) is 11.9. The average Bonchev–Trinajstić information content (AvgIpc) is 2.59. The summed E-state index contributed by atoms with van der Waals surface area (Å²) in [6, 6.07) is 15.3. The molecule has 0 aliphatic heterocycles. The molecule has 0 aliphatic carbocycles. The van der Waals surface area contributed by atoms with Crippen LogP contribution in [-0.2, 0) is 4.79 Å². The molecule has 0 radical (unpaired) electrons. The first-order valence-corrected chi connectivity index (χ1v) is 7.32. The topological polar surface area (TPSA) is 70.6 Å². The molecular formula is C16H16N2O3S. The average molecular weight is 316 g/mol. The molecule has 0 unspecified atom stereocenters. The lowest BCUT2D eigenvalue weighted by Crippen LogP contribution is -2.14. The fourth-order valence-corrected chi connectivity index (χ4v) is 2.28. The van der Waals surface area contributed by atoms with Crippen LogP contribution in [0.3, 0.4) is 0 Å². The van der Waals surface area contributed by atoms with Crippen LogP contribution in [-0.4, -0.2) is 18.2 Å². The molecular weight excluding hydrogens is 300 g/mol. The summed E-state index contributed by atoms with van der Waals surface area (Å²) in [5.41, 5.74) is 3.36. The third-order valence-corrected chi connectivity index (χ3v) is 3.64. The number of methoxy groups -OCH3 is 1. The number of amides is 1. The van der Waals surface area contributed by atoms with E-state index >= 15 is 0 Å². The number of hydrogen-bond acceptors (Lipinski definition) is 5. The number of rotatable bonds is 6. The van der Waals surface area contributed by atoms with E-state index in [0.29, 0.717) is 0 Å². The quantitative estimate of drug-likeness (QED) is 0.330. The maximum absolute atomic E-state index is 10.9. The predicted octanol–water partition coefficient (Wildman–Crippen LogP) is 3.33. The van der Waals surface area contributed by atoms with Crippen molar-refractivity contribution in [1.82, 2.24) is 5.48 Å². The van der Waals surface area contributed by atoms with E-state index in [1.54, 1.807) is 18.7 Å². The number of hydroxylamine groups is 1. The Bertz CT molecular complexity index is 639. The molecule has 22 heavy (non-hydrogen) atoms. The van der Waals surface area contributed by atoms with E-state index in [2.05, 4.69) is 4.72 Å². The zero-order valence-corrected chi connectivity index (χ0v) is 12.8. The van der Waals surface area contributed by atoms with Crippen LogP contribution in [0.2, 0.25) is 0 Å². The maximum atomic E-state index is 10.9. The van der Waals surface area contributed by atoms with Crippen LogP contribution in [0.5, 0.6) is 5.75 Å². The third-order valence-electron chi connectivity index (χ3n) is 2.79. The van der Waals surface area contributed by atoms with Crippen LogP contribution >= 0.6 is 11.9 Å². The van der Waals surface area contributed by atoms with Gasteiger partial charge in [-0.1, -0.05) is 12.1 Å². The predicted molar refractivity (Wildman–Crippen MR) is 87.9 cm³/mol. The van der Waals surface area contributed by atoms with Crippen LogP contribution in [0.1, 0.15) is 5.56 Å². The van der Waals surface area contributed by atoms with Crippen molar-refractivity contribution in [2.75, 3.05) is 11.8 Å². The summed E-state index contributed by atoms with van der Waals surface area (Å²) in [5, 5.41) is 8.40. The molecule has 0 aliphatic rings. The standard InChI is InChI=1S/C16H16N2O3S/c1-21-14-7-9-15(10-8-14)22-18-13-5-2-12(3-6-13)4-11-16(19)17-20/h2-11,18,20H,1H3,(H,17,19)/b11-4+. The first kappa shape index (κ1) is 15.9. The molecule has 5 nitrogen and oxygen atoms in total. The van der Waals surface area contributed by atoms with Crippen LogP contribution in [0.25, 0.3) is 6.08 Å². The Hall–Kier alpha value is -2.44. The van der Waals surface area contributed by atoms with Crippen LogP contribution in [0.15, 0.2) is 59.5 Å². The van der Waals surface area contributed by atoms with Gasteiger partial charge in [0.1, 0.15) is 5.75 Å². The van der Waals surface area contributed by atoms with E-state index in [4.69, 9.17) is 9.94 Å². The second-order valence-corrected chi connectivity index (χ2v) is 5.19. The fourth-order valence-electron chi connectivity index (χ4n) is 1.63. The molecule has 114 valence electrons. The smallest absolute Gasteiger partial charge is 0.267 e. The van der Waals surface area contributed by atoms with E-state index in [9.17, 15) is 4.79 Å². The van der Waals surface area contributed by atoms with Crippen molar-refractivity contribution in [2.45, 2.75) is 4.90 Å². The van der Waals surface area contributed by atoms with Gasteiger partial charge in [0.2, 0.25) is 0 Å². The lowest BCUT2D eigenvalue weighted by Gasteiger charge is -2.06. The van der Waals surface area contributed by atoms with E-state index in [1.165, 1.54) is 18.0 Å². The van der Waals surface area contributed by atoms with E-state index in [-0.39, 0.29) is 0 Å². The summed E-state index contributed by atoms with van der Waals surface area (Å²) < 4.78 is 8.35. The monoisotopic (exact) mass is 316 g/mol. The van der Waals surface area contributed by atoms with Crippen molar-refractivity contribution < 1.29 is 14.7 Å². The molecule has 0 saturated heterocycles. The number of ether oxygens (including phenoxy) is 1. The lowest BCUT2D eigenvalue weighted by molar-refractivity contribution is -0.124. The Balaban J connectivity index is 1.90. The summed E-state index contributed by atoms with van der Waals surface area (Å²) in [6.07, 6.45) is 2.88. The van der Waals surface area contributed by atoms with Crippen LogP contribution in [0, 0.1) is 0 Å². The molecule has 2 aromatic carbocycles. The number of benzene rings is 2. The Labute approximate surface area is 133 Å². The summed E-state index contributed by atoms with van der Waals surface area (Å²) in [5.74, 6) is 0.268. The highest BCUT2D eigenvalue weighted by Gasteiger charge is 1.97. The highest BCUT2D eigenvalue weighted by molar-refractivity contribution is 8.00. The van der Waals surface area contributed by atoms with Crippen LogP contribution < -0.4 is 14.9 Å². The number of hydrogen-bond donors (Lipinski definition) is 3. The number of carbonyl (C=O) groups excluding carboxylic acids is 1. The molecule has 6 heteroatoms. The molecule has 2 aromatic rings. The van der Waals surface area contributed by atoms with Gasteiger partial charge in [-0.25, -0.2) is 5.48 Å². The van der Waals surface area contributed by atoms with E-state index < -0.39 is 5.91 Å². The molecule has 0 spiro atoms. The SMILES string of the molecule is COc1ccc(SNc2ccc(/C=C/C(=O)NO)cc2)cc1. The van der Waals surface area contributed by atoms with Crippen molar-refractivity contribution in [1.29, 1.82) is 0 Å². The first-order valence-electron chi connectivity index (χ1n) is 6.50. The molecule has 3 N–H and O–H groups in total. The Morgan fingerprint density at radius 2 is 1.82 bits per heavy atom. The Kier molecular flexibility index (Phi) is 5.88. The van der Waals surface area contributed by atoms with Crippen molar-refractivity contribution in [2.24, 2.45) is 0 Å².